The van der Waals surface area contributed by atoms with E-state index in [1.165, 1.54) is 13.8 Å². The first-order chi connectivity index (χ1) is 10.7. The molecule has 1 aliphatic heterocycles. The van der Waals surface area contributed by atoms with Crippen molar-refractivity contribution in [2.45, 2.75) is 33.5 Å². The number of allylic oxidation sites excluding steroid dienone is 2. The molecule has 0 aromatic heterocycles. The molecule has 0 N–H and O–H groups in total. The highest BCUT2D eigenvalue weighted by Gasteiger charge is 2.40. The fourth-order valence-electron chi connectivity index (χ4n) is 2.21. The summed E-state index contributed by atoms with van der Waals surface area (Å²) in [5.41, 5.74) is 1.43. The molecule has 0 spiro atoms. The van der Waals surface area contributed by atoms with E-state index in [1.54, 1.807) is 18.2 Å². The minimum atomic E-state index is -1.24. The van der Waals surface area contributed by atoms with Crippen LogP contribution in [0.2, 0.25) is 5.02 Å². The number of rotatable bonds is 3. The molecule has 1 heterocycles. The summed E-state index contributed by atoms with van der Waals surface area (Å²) in [5, 5.41) is 0.645. The van der Waals surface area contributed by atoms with Gasteiger partial charge in [0.25, 0.3) is 5.79 Å². The fraction of sp³-hybridized carbons (Fsp3) is 0.333. The molecule has 4 nitrogen and oxygen atoms in total. The predicted molar refractivity (Wildman–Crippen MR) is 88.6 cm³/mol. The molecule has 1 aromatic carbocycles. The molecular weight excluding hydrogens is 316 g/mol. The van der Waals surface area contributed by atoms with Gasteiger partial charge in [-0.1, -0.05) is 49.7 Å². The van der Waals surface area contributed by atoms with Crippen LogP contribution < -0.4 is 0 Å². The van der Waals surface area contributed by atoms with Crippen LogP contribution in [0.4, 0.5) is 0 Å². The standard InChI is InChI=1S/C18H19ClO4/c1-11(2)14(10-7-12-5-8-13(19)9-6-12)15-16(20)22-18(3,4)23-17(15)21/h5-11H,1-4H3/b10-7+. The third-order valence-corrected chi connectivity index (χ3v) is 3.57. The van der Waals surface area contributed by atoms with E-state index in [-0.39, 0.29) is 11.5 Å². The zero-order valence-corrected chi connectivity index (χ0v) is 14.3. The molecule has 1 saturated heterocycles. The van der Waals surface area contributed by atoms with E-state index < -0.39 is 17.7 Å². The van der Waals surface area contributed by atoms with E-state index in [4.69, 9.17) is 21.1 Å². The largest absolute Gasteiger partial charge is 0.419 e. The molecule has 0 bridgehead atoms. The molecule has 5 heteroatoms. The van der Waals surface area contributed by atoms with Crippen molar-refractivity contribution in [3.63, 3.8) is 0 Å². The Morgan fingerprint density at radius 1 is 1.09 bits per heavy atom. The number of carbonyl (C=O) groups is 2. The van der Waals surface area contributed by atoms with Crippen LogP contribution in [-0.2, 0) is 19.1 Å². The second kappa shape index (κ2) is 6.59. The third-order valence-electron chi connectivity index (χ3n) is 3.32. The van der Waals surface area contributed by atoms with E-state index in [9.17, 15) is 9.59 Å². The van der Waals surface area contributed by atoms with Crippen LogP contribution in [0.5, 0.6) is 0 Å². The molecule has 0 radical (unpaired) electrons. The molecule has 2 rings (SSSR count). The van der Waals surface area contributed by atoms with Crippen LogP contribution >= 0.6 is 11.6 Å². The van der Waals surface area contributed by atoms with Gasteiger partial charge in [-0.05, 0) is 29.2 Å². The van der Waals surface area contributed by atoms with E-state index in [0.29, 0.717) is 10.6 Å². The Kier molecular flexibility index (Phi) is 4.95. The van der Waals surface area contributed by atoms with Crippen molar-refractivity contribution in [1.82, 2.24) is 0 Å². The number of esters is 2. The van der Waals surface area contributed by atoms with Gasteiger partial charge in [0.2, 0.25) is 0 Å². The first-order valence-corrected chi connectivity index (χ1v) is 7.72. The van der Waals surface area contributed by atoms with Gasteiger partial charge >= 0.3 is 11.9 Å². The van der Waals surface area contributed by atoms with Crippen LogP contribution in [0.15, 0.2) is 41.5 Å². The Labute approximate surface area is 140 Å². The summed E-state index contributed by atoms with van der Waals surface area (Å²) in [6.45, 7) is 6.85. The summed E-state index contributed by atoms with van der Waals surface area (Å²) in [7, 11) is 0. The molecule has 0 amide bonds. The molecule has 1 aliphatic rings. The van der Waals surface area contributed by atoms with Crippen molar-refractivity contribution >= 4 is 29.6 Å². The average molecular weight is 335 g/mol. The van der Waals surface area contributed by atoms with Gasteiger partial charge in [0.1, 0.15) is 5.57 Å². The highest BCUT2D eigenvalue weighted by Crippen LogP contribution is 2.28. The summed E-state index contributed by atoms with van der Waals surface area (Å²) in [5.74, 6) is -2.60. The molecule has 122 valence electrons. The summed E-state index contributed by atoms with van der Waals surface area (Å²) in [4.78, 5) is 24.4. The first kappa shape index (κ1) is 17.3. The van der Waals surface area contributed by atoms with Crippen LogP contribution in [0.1, 0.15) is 33.3 Å². The van der Waals surface area contributed by atoms with Crippen molar-refractivity contribution < 1.29 is 19.1 Å². The SMILES string of the molecule is CC(C)C(/C=C/c1ccc(Cl)cc1)=C1C(=O)OC(C)(C)OC1=O. The van der Waals surface area contributed by atoms with E-state index in [1.807, 2.05) is 32.1 Å². The molecule has 1 fully saturated rings. The second-order valence-electron chi connectivity index (χ2n) is 6.05. The van der Waals surface area contributed by atoms with Crippen molar-refractivity contribution in [3.8, 4) is 0 Å². The summed E-state index contributed by atoms with van der Waals surface area (Å²) < 4.78 is 10.3. The monoisotopic (exact) mass is 334 g/mol. The van der Waals surface area contributed by atoms with Crippen LogP contribution in [-0.4, -0.2) is 17.7 Å². The number of carbonyl (C=O) groups excluding carboxylic acids is 2. The molecule has 0 aliphatic carbocycles. The van der Waals surface area contributed by atoms with Gasteiger partial charge in [-0.3, -0.25) is 0 Å². The lowest BCUT2D eigenvalue weighted by Gasteiger charge is -2.31. The Balaban J connectivity index is 2.39. The van der Waals surface area contributed by atoms with Gasteiger partial charge in [-0.2, -0.15) is 0 Å². The number of hydrogen-bond acceptors (Lipinski definition) is 4. The lowest BCUT2D eigenvalue weighted by molar-refractivity contribution is -0.222. The maximum atomic E-state index is 12.2. The highest BCUT2D eigenvalue weighted by atomic mass is 35.5. The predicted octanol–water partition coefficient (Wildman–Crippen LogP) is 4.14. The molecule has 0 unspecified atom stereocenters. The average Bonchev–Trinajstić information content (AvgIpc) is 2.42. The number of cyclic esters (lactones) is 2. The number of ether oxygens (including phenoxy) is 2. The minimum Gasteiger partial charge on any atom is -0.419 e. The zero-order valence-electron chi connectivity index (χ0n) is 13.6. The number of halogens is 1. The lowest BCUT2D eigenvalue weighted by Crippen LogP contribution is -2.42. The van der Waals surface area contributed by atoms with Gasteiger partial charge in [0.05, 0.1) is 0 Å². The topological polar surface area (TPSA) is 52.6 Å². The minimum absolute atomic E-state index is 0.0464. The van der Waals surface area contributed by atoms with Crippen LogP contribution in [0.3, 0.4) is 0 Å². The third kappa shape index (κ3) is 4.23. The molecular formula is C18H19ClO4. The van der Waals surface area contributed by atoms with Gasteiger partial charge in [0, 0.05) is 18.9 Å². The van der Waals surface area contributed by atoms with Gasteiger partial charge in [-0.15, -0.1) is 0 Å². The molecule has 23 heavy (non-hydrogen) atoms. The number of benzene rings is 1. The summed E-state index contributed by atoms with van der Waals surface area (Å²) >= 11 is 5.86. The fourth-order valence-corrected chi connectivity index (χ4v) is 2.34. The maximum absolute atomic E-state index is 12.2. The first-order valence-electron chi connectivity index (χ1n) is 7.34. The summed E-state index contributed by atoms with van der Waals surface area (Å²) in [6, 6.07) is 7.24. The normalized spacial score (nSPS) is 17.4. The van der Waals surface area contributed by atoms with Crippen LogP contribution in [0.25, 0.3) is 6.08 Å². The Morgan fingerprint density at radius 3 is 2.09 bits per heavy atom. The molecule has 1 aromatic rings. The zero-order chi connectivity index (χ0) is 17.2. The van der Waals surface area contributed by atoms with Crippen molar-refractivity contribution in [2.75, 3.05) is 0 Å². The summed E-state index contributed by atoms with van der Waals surface area (Å²) in [6.07, 6.45) is 3.56. The smallest absolute Gasteiger partial charge is 0.349 e. The van der Waals surface area contributed by atoms with E-state index in [2.05, 4.69) is 0 Å². The van der Waals surface area contributed by atoms with Gasteiger partial charge in [-0.25, -0.2) is 9.59 Å². The number of hydrogen-bond donors (Lipinski definition) is 0. The molecule has 0 atom stereocenters. The van der Waals surface area contributed by atoms with Crippen molar-refractivity contribution in [3.05, 3.63) is 52.1 Å². The Hall–Kier alpha value is -2.07. The van der Waals surface area contributed by atoms with Gasteiger partial charge < -0.3 is 9.47 Å². The van der Waals surface area contributed by atoms with Crippen molar-refractivity contribution in [1.29, 1.82) is 0 Å². The van der Waals surface area contributed by atoms with E-state index in [0.717, 1.165) is 5.56 Å². The lowest BCUT2D eigenvalue weighted by atomic mass is 9.95. The van der Waals surface area contributed by atoms with Crippen molar-refractivity contribution in [2.24, 2.45) is 5.92 Å². The Bertz CT molecular complexity index is 659. The Morgan fingerprint density at radius 2 is 1.61 bits per heavy atom. The molecule has 0 saturated carbocycles. The van der Waals surface area contributed by atoms with E-state index >= 15 is 0 Å². The second-order valence-corrected chi connectivity index (χ2v) is 6.49. The van der Waals surface area contributed by atoms with Gasteiger partial charge in [0.15, 0.2) is 0 Å². The highest BCUT2D eigenvalue weighted by molar-refractivity contribution is 6.30. The quantitative estimate of drug-likeness (QED) is 0.473. The van der Waals surface area contributed by atoms with Crippen LogP contribution in [0, 0.1) is 5.92 Å². The maximum Gasteiger partial charge on any atom is 0.349 e.